The van der Waals surface area contributed by atoms with Crippen molar-refractivity contribution in [2.24, 2.45) is 50.2 Å². The van der Waals surface area contributed by atoms with Gasteiger partial charge in [0.2, 0.25) is 6.29 Å². The minimum atomic E-state index is -1.83. The minimum absolute atomic E-state index is 0.110. The Labute approximate surface area is 432 Å². The molecule has 0 amide bonds. The summed E-state index contributed by atoms with van der Waals surface area (Å²) < 4.78 is 52.6. The van der Waals surface area contributed by atoms with E-state index in [2.05, 4.69) is 54.5 Å². The van der Waals surface area contributed by atoms with Crippen LogP contribution in [0.15, 0.2) is 11.6 Å². The van der Waals surface area contributed by atoms with Crippen LogP contribution in [0.3, 0.4) is 0 Å². The topological polar surface area (TPSA) is 320 Å². The summed E-state index contributed by atoms with van der Waals surface area (Å²) in [6.45, 7) is 16.8. The highest BCUT2D eigenvalue weighted by molar-refractivity contribution is 5.79. The van der Waals surface area contributed by atoms with Gasteiger partial charge in [-0.1, -0.05) is 60.1 Å². The molecule has 4 saturated heterocycles. The standard InChI is InChI=1S/C53H84O21/c1-23-39(71-43-36(61)31(56)26(54)21-67-43)35(60)38(63)44(69-23)73-41-32(57)27(55)22-68-46(41)74-47(65)53-18-16-48(2,3)20-25(53)24-10-11-29-50(6)14-13-30(70-45-37(62)33(58)34(59)40(72-45)42(64)66-9)49(4,5)28(50)12-15-52(29,8)51(24,7)17-19-53/h10,23,25-41,43-46,54-63H,11-22H2,1-9H3/t23-,25-,26+,27+,28-,29+,30-,31-,32-,33-,34-,35-,36+,37+,38+,39-,40-,41+,43-,44-,45+,46-,50-,51+,52+,53-/m0/s1. The molecule has 0 unspecified atom stereocenters. The fraction of sp³-hybridized carbons (Fsp3) is 0.925. The zero-order valence-corrected chi connectivity index (χ0v) is 44.2. The molecule has 4 heterocycles. The van der Waals surface area contributed by atoms with Crippen molar-refractivity contribution in [3.05, 3.63) is 11.6 Å². The fourth-order valence-electron chi connectivity index (χ4n) is 16.0. The average molecular weight is 1060 g/mol. The molecule has 0 aromatic heterocycles. The van der Waals surface area contributed by atoms with Gasteiger partial charge in [0.25, 0.3) is 0 Å². The smallest absolute Gasteiger partial charge is 0.337 e. The Kier molecular flexibility index (Phi) is 15.5. The van der Waals surface area contributed by atoms with Gasteiger partial charge in [0.1, 0.15) is 67.1 Å². The number of hydrogen-bond acceptors (Lipinski definition) is 21. The molecule has 0 bridgehead atoms. The Morgan fingerprint density at radius 2 is 1.22 bits per heavy atom. The zero-order chi connectivity index (χ0) is 54.0. The van der Waals surface area contributed by atoms with Crippen LogP contribution in [0.2, 0.25) is 0 Å². The number of esters is 2. The predicted molar refractivity (Wildman–Crippen MR) is 254 cm³/mol. The van der Waals surface area contributed by atoms with Gasteiger partial charge in [-0.15, -0.1) is 0 Å². The average Bonchev–Trinajstić information content (AvgIpc) is 3.35. The number of fused-ring (bicyclic) bond motifs is 7. The van der Waals surface area contributed by atoms with E-state index in [1.165, 1.54) is 12.5 Å². The van der Waals surface area contributed by atoms with Gasteiger partial charge in [0.15, 0.2) is 31.1 Å². The summed E-state index contributed by atoms with van der Waals surface area (Å²) in [6.07, 6.45) is -18.5. The van der Waals surface area contributed by atoms with E-state index in [0.717, 1.165) is 45.6 Å². The summed E-state index contributed by atoms with van der Waals surface area (Å²) in [5.41, 5.74) is -0.868. The molecule has 21 nitrogen and oxygen atoms in total. The molecule has 74 heavy (non-hydrogen) atoms. The molecule has 4 aliphatic heterocycles. The van der Waals surface area contributed by atoms with Crippen LogP contribution in [0.5, 0.6) is 0 Å². The lowest BCUT2D eigenvalue weighted by atomic mass is 9.33. The Hall–Kier alpha value is -2.00. The van der Waals surface area contributed by atoms with Crippen LogP contribution in [0.1, 0.15) is 120 Å². The molecule has 0 radical (unpaired) electrons. The Morgan fingerprint density at radius 1 is 0.608 bits per heavy atom. The van der Waals surface area contributed by atoms with Gasteiger partial charge in [0, 0.05) is 0 Å². The highest BCUT2D eigenvalue weighted by Crippen LogP contribution is 2.76. The molecule has 5 aliphatic carbocycles. The molecule has 0 spiro atoms. The van der Waals surface area contributed by atoms with Crippen molar-refractivity contribution in [3.63, 3.8) is 0 Å². The van der Waals surface area contributed by atoms with Crippen LogP contribution in [-0.4, -0.2) is 200 Å². The monoisotopic (exact) mass is 1060 g/mol. The number of carbonyl (C=O) groups excluding carboxylic acids is 2. The van der Waals surface area contributed by atoms with E-state index in [9.17, 15) is 55.9 Å². The van der Waals surface area contributed by atoms with E-state index in [4.69, 9.17) is 42.6 Å². The molecule has 9 aliphatic rings. The van der Waals surface area contributed by atoms with Crippen molar-refractivity contribution in [2.75, 3.05) is 20.3 Å². The third kappa shape index (κ3) is 9.14. The SMILES string of the molecule is COC(=O)[C@H]1O[C@@H](O[C@H]2CC[C@]3(C)[C@H]4CC=C5[C@@H]6CC(C)(C)CC[C@]6(C(=O)O[C@@H]6OC[C@@H](O)[C@H](O)[C@H]6O[C@@H]6O[C@@H](C)[C@H](O[C@@H]7OC[C@@H](O)[C@H](O)[C@H]7O)[C@@H](O)[C@H]6O)CC[C@@]5(C)[C@]4(C)CC[C@H]3C2(C)C)[C@H](O)[C@@H](O)[C@@H]1O. The van der Waals surface area contributed by atoms with Gasteiger partial charge < -0.3 is 93.7 Å². The third-order valence-electron chi connectivity index (χ3n) is 20.8. The molecule has 10 N–H and O–H groups in total. The summed E-state index contributed by atoms with van der Waals surface area (Å²) in [5, 5.41) is 108. The molecule has 0 aromatic carbocycles. The van der Waals surface area contributed by atoms with E-state index >= 15 is 4.79 Å². The molecule has 21 heteroatoms. The lowest BCUT2D eigenvalue weighted by Gasteiger charge is -2.71. The van der Waals surface area contributed by atoms with Crippen molar-refractivity contribution in [3.8, 4) is 0 Å². The highest BCUT2D eigenvalue weighted by atomic mass is 16.8. The molecule has 26 atom stereocenters. The van der Waals surface area contributed by atoms with Gasteiger partial charge in [-0.2, -0.15) is 0 Å². The number of ether oxygens (including phenoxy) is 9. The number of methoxy groups -OCH3 is 1. The van der Waals surface area contributed by atoms with E-state index < -0.39 is 139 Å². The van der Waals surface area contributed by atoms with Gasteiger partial charge in [-0.25, -0.2) is 4.79 Å². The van der Waals surface area contributed by atoms with Gasteiger partial charge in [0.05, 0.1) is 37.9 Å². The number of hydrogen-bond donors (Lipinski definition) is 10. The molecule has 8 fully saturated rings. The fourth-order valence-corrected chi connectivity index (χ4v) is 16.0. The summed E-state index contributed by atoms with van der Waals surface area (Å²) in [6, 6.07) is 0. The van der Waals surface area contributed by atoms with Crippen molar-refractivity contribution in [1.29, 1.82) is 0 Å². The van der Waals surface area contributed by atoms with Crippen LogP contribution < -0.4 is 0 Å². The maximum atomic E-state index is 15.3. The van der Waals surface area contributed by atoms with Crippen LogP contribution in [0, 0.1) is 50.2 Å². The Bertz CT molecular complexity index is 2090. The summed E-state index contributed by atoms with van der Waals surface area (Å²) >= 11 is 0. The Balaban J connectivity index is 0.927. The van der Waals surface area contributed by atoms with Crippen LogP contribution in [0.25, 0.3) is 0 Å². The highest BCUT2D eigenvalue weighted by Gasteiger charge is 2.70. The quantitative estimate of drug-likeness (QED) is 0.0852. The predicted octanol–water partition coefficient (Wildman–Crippen LogP) is 0.451. The van der Waals surface area contributed by atoms with E-state index in [0.29, 0.717) is 25.7 Å². The van der Waals surface area contributed by atoms with Crippen molar-refractivity contribution >= 4 is 11.9 Å². The second-order valence-corrected chi connectivity index (χ2v) is 25.6. The van der Waals surface area contributed by atoms with Gasteiger partial charge in [-0.3, -0.25) is 4.79 Å². The Morgan fingerprint density at radius 3 is 1.91 bits per heavy atom. The third-order valence-corrected chi connectivity index (χ3v) is 20.8. The van der Waals surface area contributed by atoms with Crippen LogP contribution in [0.4, 0.5) is 0 Å². The first-order valence-electron chi connectivity index (χ1n) is 26.9. The normalized spacial score (nSPS) is 53.0. The number of aliphatic hydroxyl groups excluding tert-OH is 10. The number of carbonyl (C=O) groups is 2. The molecule has 0 aromatic rings. The minimum Gasteiger partial charge on any atom is -0.467 e. The van der Waals surface area contributed by atoms with Gasteiger partial charge >= 0.3 is 11.9 Å². The van der Waals surface area contributed by atoms with Crippen molar-refractivity contribution < 1.29 is 103 Å². The van der Waals surface area contributed by atoms with E-state index in [-0.39, 0.29) is 52.6 Å². The second-order valence-electron chi connectivity index (χ2n) is 25.6. The lowest BCUT2D eigenvalue weighted by molar-refractivity contribution is -0.368. The maximum Gasteiger partial charge on any atom is 0.337 e. The zero-order valence-electron chi connectivity index (χ0n) is 44.2. The summed E-state index contributed by atoms with van der Waals surface area (Å²) in [4.78, 5) is 27.8. The summed E-state index contributed by atoms with van der Waals surface area (Å²) in [5.74, 6) is -1.15. The molecular weight excluding hydrogens is 973 g/mol. The first-order chi connectivity index (χ1) is 34.6. The van der Waals surface area contributed by atoms with Crippen LogP contribution >= 0.6 is 0 Å². The van der Waals surface area contributed by atoms with E-state index in [1.807, 2.05) is 0 Å². The molecule has 422 valence electrons. The molecule has 9 rings (SSSR count). The molecular formula is C53H84O21. The summed E-state index contributed by atoms with van der Waals surface area (Å²) in [7, 11) is 1.15. The van der Waals surface area contributed by atoms with Gasteiger partial charge in [-0.05, 0) is 116 Å². The largest absolute Gasteiger partial charge is 0.467 e. The second kappa shape index (κ2) is 20.3. The molecule has 4 saturated carbocycles. The number of allylic oxidation sites excluding steroid dienone is 2. The number of aliphatic hydroxyl groups is 10. The van der Waals surface area contributed by atoms with Crippen LogP contribution in [-0.2, 0) is 52.2 Å². The maximum absolute atomic E-state index is 15.3. The lowest BCUT2D eigenvalue weighted by Crippen LogP contribution is -2.66. The van der Waals surface area contributed by atoms with E-state index in [1.54, 1.807) is 0 Å². The first-order valence-corrected chi connectivity index (χ1v) is 26.9. The van der Waals surface area contributed by atoms with Crippen molar-refractivity contribution in [1.82, 2.24) is 0 Å². The van der Waals surface area contributed by atoms with Crippen molar-refractivity contribution in [2.45, 2.75) is 236 Å². The number of rotatable bonds is 9. The first kappa shape index (κ1) is 56.7.